The molecule has 0 radical (unpaired) electrons. The molecule has 0 saturated carbocycles. The van der Waals surface area contributed by atoms with Crippen molar-refractivity contribution in [3.63, 3.8) is 0 Å². The van der Waals surface area contributed by atoms with Crippen LogP contribution in [0.1, 0.15) is 54.4 Å². The molecular weight excluding hydrogens is 214 g/mol. The van der Waals surface area contributed by atoms with Gasteiger partial charge in [-0.1, -0.05) is 27.7 Å². The van der Waals surface area contributed by atoms with Gasteiger partial charge in [-0.15, -0.1) is 0 Å². The van der Waals surface area contributed by atoms with Gasteiger partial charge in [0.1, 0.15) is 0 Å². The van der Waals surface area contributed by atoms with Crippen LogP contribution in [0.4, 0.5) is 4.79 Å². The van der Waals surface area contributed by atoms with Crippen LogP contribution in [-0.4, -0.2) is 30.2 Å². The van der Waals surface area contributed by atoms with Crippen LogP contribution in [0.5, 0.6) is 0 Å². The van der Waals surface area contributed by atoms with E-state index >= 15 is 0 Å². The molecule has 0 unspecified atom stereocenters. The zero-order chi connectivity index (χ0) is 13.6. The number of carbonyl (C=O) groups is 1. The molecule has 0 aromatic rings. The lowest BCUT2D eigenvalue weighted by atomic mass is 9.93. The largest absolute Gasteiger partial charge is 0.449 e. The van der Waals surface area contributed by atoms with E-state index in [1.165, 1.54) is 0 Å². The summed E-state index contributed by atoms with van der Waals surface area (Å²) < 4.78 is 5.25. The van der Waals surface area contributed by atoms with Gasteiger partial charge in [0, 0.05) is 12.6 Å². The first kappa shape index (κ1) is 16.3. The fraction of sp³-hybridized carbons (Fsp3) is 0.929. The van der Waals surface area contributed by atoms with Gasteiger partial charge in [0.15, 0.2) is 0 Å². The summed E-state index contributed by atoms with van der Waals surface area (Å²) in [5.41, 5.74) is -0.141. The zero-order valence-corrected chi connectivity index (χ0v) is 12.5. The average molecular weight is 243 g/mol. The fourth-order valence-corrected chi connectivity index (χ4v) is 1.39. The smallest absolute Gasteiger partial charge is 0.409 e. The Morgan fingerprint density at radius 2 is 1.71 bits per heavy atom. The van der Waals surface area contributed by atoms with E-state index in [0.717, 1.165) is 12.8 Å². The second kappa shape index (κ2) is 6.87. The van der Waals surface area contributed by atoms with Gasteiger partial charge in [-0.2, -0.15) is 0 Å². The Balaban J connectivity index is 4.25. The van der Waals surface area contributed by atoms with E-state index in [1.54, 1.807) is 4.90 Å². The number of hydrogen-bond acceptors (Lipinski definition) is 2. The predicted molar refractivity (Wildman–Crippen MR) is 72.1 cm³/mol. The number of hydrogen-bond donors (Lipinski definition) is 0. The third kappa shape index (κ3) is 6.54. The Bertz CT molecular complexity index is 234. The lowest BCUT2D eigenvalue weighted by molar-refractivity contribution is 0.0633. The molecule has 102 valence electrons. The van der Waals surface area contributed by atoms with E-state index in [4.69, 9.17) is 4.74 Å². The van der Waals surface area contributed by atoms with Gasteiger partial charge in [0.2, 0.25) is 0 Å². The molecule has 0 spiro atoms. The van der Waals surface area contributed by atoms with Crippen LogP contribution in [-0.2, 0) is 4.74 Å². The SMILES string of the molecule is CC(C)CCC(C)(C)N(C)C(=O)OCC(C)C. The number of ether oxygens (including phenoxy) is 1. The highest BCUT2D eigenvalue weighted by Crippen LogP contribution is 2.22. The van der Waals surface area contributed by atoms with Gasteiger partial charge in [-0.3, -0.25) is 0 Å². The molecule has 3 heteroatoms. The molecule has 0 aliphatic carbocycles. The second-order valence-electron chi connectivity index (χ2n) is 6.27. The van der Waals surface area contributed by atoms with Crippen molar-refractivity contribution in [2.75, 3.05) is 13.7 Å². The summed E-state index contributed by atoms with van der Waals surface area (Å²) in [5, 5.41) is 0. The Morgan fingerprint density at radius 1 is 1.18 bits per heavy atom. The van der Waals surface area contributed by atoms with E-state index in [-0.39, 0.29) is 11.6 Å². The molecule has 0 rings (SSSR count). The van der Waals surface area contributed by atoms with Gasteiger partial charge in [0.05, 0.1) is 6.61 Å². The number of nitrogens with zero attached hydrogens (tertiary/aromatic N) is 1. The second-order valence-corrected chi connectivity index (χ2v) is 6.27. The maximum absolute atomic E-state index is 11.8. The minimum absolute atomic E-state index is 0.141. The molecule has 0 bridgehead atoms. The summed E-state index contributed by atoms with van der Waals surface area (Å²) in [6.45, 7) is 13.1. The summed E-state index contributed by atoms with van der Waals surface area (Å²) in [5.74, 6) is 1.04. The zero-order valence-electron chi connectivity index (χ0n) is 12.5. The quantitative estimate of drug-likeness (QED) is 0.707. The van der Waals surface area contributed by atoms with E-state index in [9.17, 15) is 4.79 Å². The Kier molecular flexibility index (Phi) is 6.58. The fourth-order valence-electron chi connectivity index (χ4n) is 1.39. The van der Waals surface area contributed by atoms with Crippen LogP contribution in [0.3, 0.4) is 0 Å². The summed E-state index contributed by atoms with van der Waals surface area (Å²) in [7, 11) is 1.82. The van der Waals surface area contributed by atoms with Crippen molar-refractivity contribution in [2.24, 2.45) is 11.8 Å². The predicted octanol–water partition coefficient (Wildman–Crippen LogP) is 3.93. The van der Waals surface area contributed by atoms with Crippen molar-refractivity contribution >= 4 is 6.09 Å². The van der Waals surface area contributed by atoms with Gasteiger partial charge in [-0.25, -0.2) is 4.79 Å². The molecule has 0 saturated heterocycles. The van der Waals surface area contributed by atoms with Gasteiger partial charge >= 0.3 is 6.09 Å². The first-order valence-corrected chi connectivity index (χ1v) is 6.57. The van der Waals surface area contributed by atoms with Crippen LogP contribution < -0.4 is 0 Å². The van der Waals surface area contributed by atoms with Crippen LogP contribution in [0.2, 0.25) is 0 Å². The maximum Gasteiger partial charge on any atom is 0.409 e. The van der Waals surface area contributed by atoms with Crippen LogP contribution >= 0.6 is 0 Å². The van der Waals surface area contributed by atoms with Crippen molar-refractivity contribution in [1.29, 1.82) is 0 Å². The monoisotopic (exact) mass is 243 g/mol. The first-order chi connectivity index (χ1) is 7.66. The molecule has 0 aliphatic rings. The van der Waals surface area contributed by atoms with E-state index < -0.39 is 0 Å². The summed E-state index contributed by atoms with van der Waals surface area (Å²) in [4.78, 5) is 13.6. The Morgan fingerprint density at radius 3 is 2.12 bits per heavy atom. The van der Waals surface area contributed by atoms with Crippen molar-refractivity contribution in [2.45, 2.75) is 59.9 Å². The van der Waals surface area contributed by atoms with Crippen molar-refractivity contribution in [1.82, 2.24) is 4.90 Å². The van der Waals surface area contributed by atoms with Crippen LogP contribution in [0.15, 0.2) is 0 Å². The normalized spacial score (nSPS) is 12.1. The highest BCUT2D eigenvalue weighted by Gasteiger charge is 2.28. The standard InChI is InChI=1S/C14H29NO2/c1-11(2)8-9-14(5,6)15(7)13(16)17-10-12(3)4/h11-12H,8-10H2,1-7H3. The molecule has 3 nitrogen and oxygen atoms in total. The molecule has 0 heterocycles. The molecule has 0 fully saturated rings. The van der Waals surface area contributed by atoms with E-state index in [1.807, 2.05) is 20.9 Å². The third-order valence-electron chi connectivity index (χ3n) is 3.06. The van der Waals surface area contributed by atoms with Gasteiger partial charge in [-0.05, 0) is 38.5 Å². The molecule has 0 aromatic carbocycles. The molecule has 0 aliphatic heterocycles. The van der Waals surface area contributed by atoms with Crippen molar-refractivity contribution < 1.29 is 9.53 Å². The topological polar surface area (TPSA) is 29.5 Å². The summed E-state index contributed by atoms with van der Waals surface area (Å²) in [6, 6.07) is 0. The third-order valence-corrected chi connectivity index (χ3v) is 3.06. The molecule has 0 atom stereocenters. The van der Waals surface area contributed by atoms with Crippen molar-refractivity contribution in [3.8, 4) is 0 Å². The average Bonchev–Trinajstić information content (AvgIpc) is 2.22. The summed E-state index contributed by atoms with van der Waals surface area (Å²) >= 11 is 0. The summed E-state index contributed by atoms with van der Waals surface area (Å²) in [6.07, 6.45) is 1.90. The Hall–Kier alpha value is -0.730. The number of rotatable bonds is 6. The first-order valence-electron chi connectivity index (χ1n) is 6.57. The van der Waals surface area contributed by atoms with Gasteiger partial charge < -0.3 is 9.64 Å². The van der Waals surface area contributed by atoms with Crippen LogP contribution in [0.25, 0.3) is 0 Å². The number of amides is 1. The van der Waals surface area contributed by atoms with Crippen molar-refractivity contribution in [3.05, 3.63) is 0 Å². The van der Waals surface area contributed by atoms with Gasteiger partial charge in [0.25, 0.3) is 0 Å². The highest BCUT2D eigenvalue weighted by atomic mass is 16.6. The molecule has 0 N–H and O–H groups in total. The molecular formula is C14H29NO2. The molecule has 0 aromatic heterocycles. The van der Waals surface area contributed by atoms with Crippen LogP contribution in [0, 0.1) is 11.8 Å². The minimum atomic E-state index is -0.215. The lowest BCUT2D eigenvalue weighted by Crippen LogP contribution is -2.45. The number of carbonyl (C=O) groups excluding carboxylic acids is 1. The lowest BCUT2D eigenvalue weighted by Gasteiger charge is -2.35. The molecule has 17 heavy (non-hydrogen) atoms. The maximum atomic E-state index is 11.8. The van der Waals surface area contributed by atoms with E-state index in [0.29, 0.717) is 18.4 Å². The molecule has 1 amide bonds. The Labute approximate surface area is 107 Å². The minimum Gasteiger partial charge on any atom is -0.449 e. The van der Waals surface area contributed by atoms with E-state index in [2.05, 4.69) is 27.7 Å². The highest BCUT2D eigenvalue weighted by molar-refractivity contribution is 5.68.